The summed E-state index contributed by atoms with van der Waals surface area (Å²) in [6.45, 7) is 0.493. The number of hydrogen-bond acceptors (Lipinski definition) is 4. The molecule has 22 heavy (non-hydrogen) atoms. The molecule has 0 aliphatic carbocycles. The predicted molar refractivity (Wildman–Crippen MR) is 80.9 cm³/mol. The molecule has 0 fully saturated rings. The van der Waals surface area contributed by atoms with Crippen LogP contribution in [0.5, 0.6) is 5.75 Å². The molecule has 1 heterocycles. The van der Waals surface area contributed by atoms with Gasteiger partial charge in [0.1, 0.15) is 25.0 Å². The Balaban J connectivity index is 1.59. The summed E-state index contributed by atoms with van der Waals surface area (Å²) >= 11 is 0. The minimum Gasteiger partial charge on any atom is -0.489 e. The van der Waals surface area contributed by atoms with Gasteiger partial charge in [0.25, 0.3) is 5.91 Å². The number of amides is 1. The van der Waals surface area contributed by atoms with E-state index in [1.165, 1.54) is 17.3 Å². The Hall–Kier alpha value is -3.15. The normalized spacial score (nSPS) is 10.2. The predicted octanol–water partition coefficient (Wildman–Crippen LogP) is 2.24. The fourth-order valence-corrected chi connectivity index (χ4v) is 1.88. The van der Waals surface area contributed by atoms with Crippen LogP contribution in [-0.2, 0) is 6.61 Å². The van der Waals surface area contributed by atoms with Crippen molar-refractivity contribution in [2.24, 2.45) is 0 Å². The van der Waals surface area contributed by atoms with Crippen molar-refractivity contribution >= 4 is 5.91 Å². The van der Waals surface area contributed by atoms with E-state index in [-0.39, 0.29) is 5.91 Å². The molecule has 0 unspecified atom stereocenters. The van der Waals surface area contributed by atoms with Crippen LogP contribution in [0, 0.1) is 0 Å². The zero-order chi connectivity index (χ0) is 15.2. The van der Waals surface area contributed by atoms with Gasteiger partial charge in [-0.3, -0.25) is 10.2 Å². The van der Waals surface area contributed by atoms with Gasteiger partial charge in [0.15, 0.2) is 0 Å². The highest BCUT2D eigenvalue weighted by Crippen LogP contribution is 2.14. The molecule has 0 saturated heterocycles. The second-order valence-corrected chi connectivity index (χ2v) is 4.61. The molecule has 0 bridgehead atoms. The zero-order valence-electron chi connectivity index (χ0n) is 11.7. The molecule has 1 N–H and O–H groups in total. The van der Waals surface area contributed by atoms with Crippen molar-refractivity contribution < 1.29 is 9.53 Å². The number of nitrogens with one attached hydrogen (secondary N) is 1. The highest BCUT2D eigenvalue weighted by Gasteiger charge is 2.06. The number of aromatic nitrogens is 3. The minimum atomic E-state index is -0.241. The maximum Gasteiger partial charge on any atom is 0.270 e. The molecular weight excluding hydrogens is 280 g/mol. The first-order chi connectivity index (χ1) is 10.8. The lowest BCUT2D eigenvalue weighted by atomic mass is 10.2. The monoisotopic (exact) mass is 294 g/mol. The van der Waals surface area contributed by atoms with E-state index in [2.05, 4.69) is 15.6 Å². The van der Waals surface area contributed by atoms with Crippen molar-refractivity contribution in [2.75, 3.05) is 5.43 Å². The van der Waals surface area contributed by atoms with Gasteiger partial charge in [0.05, 0.1) is 0 Å². The van der Waals surface area contributed by atoms with E-state index >= 15 is 0 Å². The first-order valence-electron chi connectivity index (χ1n) is 6.74. The van der Waals surface area contributed by atoms with Crippen LogP contribution in [0.4, 0.5) is 0 Å². The van der Waals surface area contributed by atoms with E-state index in [1.54, 1.807) is 24.3 Å². The van der Waals surface area contributed by atoms with E-state index in [0.29, 0.717) is 17.9 Å². The third-order valence-corrected chi connectivity index (χ3v) is 3.01. The molecule has 0 spiro atoms. The largest absolute Gasteiger partial charge is 0.489 e. The van der Waals surface area contributed by atoms with Crippen LogP contribution in [0.1, 0.15) is 15.9 Å². The quantitative estimate of drug-likeness (QED) is 0.783. The molecule has 0 aliphatic rings. The van der Waals surface area contributed by atoms with E-state index in [4.69, 9.17) is 4.74 Å². The van der Waals surface area contributed by atoms with Crippen molar-refractivity contribution in [3.8, 4) is 5.75 Å². The maximum absolute atomic E-state index is 12.0. The Morgan fingerprint density at radius 2 is 1.68 bits per heavy atom. The maximum atomic E-state index is 12.0. The number of benzene rings is 2. The Kier molecular flexibility index (Phi) is 4.10. The fraction of sp³-hybridized carbons (Fsp3) is 0.0625. The van der Waals surface area contributed by atoms with Crippen LogP contribution in [-0.4, -0.2) is 20.8 Å². The molecule has 6 heteroatoms. The van der Waals surface area contributed by atoms with Crippen LogP contribution < -0.4 is 10.2 Å². The Labute approximate surface area is 127 Å². The average molecular weight is 294 g/mol. The highest BCUT2D eigenvalue weighted by molar-refractivity contribution is 5.99. The molecule has 3 aromatic rings. The zero-order valence-corrected chi connectivity index (χ0v) is 11.7. The molecule has 2 aromatic carbocycles. The lowest BCUT2D eigenvalue weighted by Gasteiger charge is -2.08. The van der Waals surface area contributed by atoms with E-state index in [9.17, 15) is 4.79 Å². The van der Waals surface area contributed by atoms with Gasteiger partial charge in [0, 0.05) is 5.56 Å². The van der Waals surface area contributed by atoms with Crippen LogP contribution in [0.2, 0.25) is 0 Å². The topological polar surface area (TPSA) is 69.0 Å². The van der Waals surface area contributed by atoms with E-state index < -0.39 is 0 Å². The van der Waals surface area contributed by atoms with Gasteiger partial charge in [-0.1, -0.05) is 30.3 Å². The lowest BCUT2D eigenvalue weighted by Crippen LogP contribution is -2.21. The van der Waals surface area contributed by atoms with Gasteiger partial charge in [-0.05, 0) is 29.8 Å². The SMILES string of the molecule is O=C(Nn1cnnc1)c1ccc(OCc2ccccc2)cc1. The van der Waals surface area contributed by atoms with Gasteiger partial charge in [-0.25, -0.2) is 4.68 Å². The lowest BCUT2D eigenvalue weighted by molar-refractivity contribution is 0.101. The van der Waals surface area contributed by atoms with Crippen LogP contribution >= 0.6 is 0 Å². The summed E-state index contributed by atoms with van der Waals surface area (Å²) in [4.78, 5) is 12.0. The van der Waals surface area contributed by atoms with Crippen molar-refractivity contribution in [2.45, 2.75) is 6.61 Å². The standard InChI is InChI=1S/C16H14N4O2/c21-16(19-20-11-17-18-12-20)14-6-8-15(9-7-14)22-10-13-4-2-1-3-5-13/h1-9,11-12H,10H2,(H,19,21). The van der Waals surface area contributed by atoms with Crippen LogP contribution in [0.15, 0.2) is 67.3 Å². The molecular formula is C16H14N4O2. The van der Waals surface area contributed by atoms with Gasteiger partial charge in [-0.15, -0.1) is 10.2 Å². The Bertz CT molecular complexity index is 725. The van der Waals surface area contributed by atoms with Crippen molar-refractivity contribution in [3.05, 3.63) is 78.4 Å². The second-order valence-electron chi connectivity index (χ2n) is 4.61. The summed E-state index contributed by atoms with van der Waals surface area (Å²) in [6.07, 6.45) is 2.82. The van der Waals surface area contributed by atoms with Gasteiger partial charge < -0.3 is 4.74 Å². The molecule has 110 valence electrons. The third-order valence-electron chi connectivity index (χ3n) is 3.01. The van der Waals surface area contributed by atoms with E-state index in [1.807, 2.05) is 30.3 Å². The summed E-state index contributed by atoms with van der Waals surface area (Å²) in [5.74, 6) is 0.471. The Morgan fingerprint density at radius 1 is 1.00 bits per heavy atom. The van der Waals surface area contributed by atoms with Crippen molar-refractivity contribution in [1.82, 2.24) is 14.9 Å². The number of carbonyl (C=O) groups is 1. The smallest absolute Gasteiger partial charge is 0.270 e. The van der Waals surface area contributed by atoms with Gasteiger partial charge >= 0.3 is 0 Å². The average Bonchev–Trinajstić information content (AvgIpc) is 3.07. The molecule has 0 atom stereocenters. The number of hydrogen-bond donors (Lipinski definition) is 1. The number of ether oxygens (including phenoxy) is 1. The fourth-order valence-electron chi connectivity index (χ4n) is 1.88. The first kappa shape index (κ1) is 13.8. The molecule has 1 amide bonds. The summed E-state index contributed by atoms with van der Waals surface area (Å²) in [7, 11) is 0. The van der Waals surface area contributed by atoms with Crippen molar-refractivity contribution in [3.63, 3.8) is 0 Å². The second kappa shape index (κ2) is 6.53. The van der Waals surface area contributed by atoms with Crippen molar-refractivity contribution in [1.29, 1.82) is 0 Å². The molecule has 0 aliphatic heterocycles. The number of carbonyl (C=O) groups excluding carboxylic acids is 1. The third kappa shape index (κ3) is 3.49. The molecule has 0 radical (unpaired) electrons. The van der Waals surface area contributed by atoms with E-state index in [0.717, 1.165) is 5.56 Å². The highest BCUT2D eigenvalue weighted by atomic mass is 16.5. The molecule has 6 nitrogen and oxygen atoms in total. The molecule has 3 rings (SSSR count). The summed E-state index contributed by atoms with van der Waals surface area (Å²) in [6, 6.07) is 16.9. The summed E-state index contributed by atoms with van der Waals surface area (Å²) < 4.78 is 7.07. The Morgan fingerprint density at radius 3 is 2.36 bits per heavy atom. The van der Waals surface area contributed by atoms with Crippen LogP contribution in [0.25, 0.3) is 0 Å². The minimum absolute atomic E-state index is 0.241. The molecule has 1 aromatic heterocycles. The number of rotatable bonds is 5. The summed E-state index contributed by atoms with van der Waals surface area (Å²) in [5.41, 5.74) is 4.25. The first-order valence-corrected chi connectivity index (χ1v) is 6.74. The summed E-state index contributed by atoms with van der Waals surface area (Å²) in [5, 5.41) is 7.23. The molecule has 0 saturated carbocycles. The van der Waals surface area contributed by atoms with Crippen LogP contribution in [0.3, 0.4) is 0 Å². The van der Waals surface area contributed by atoms with Gasteiger partial charge in [-0.2, -0.15) is 0 Å². The van der Waals surface area contributed by atoms with Gasteiger partial charge in [0.2, 0.25) is 0 Å². The number of nitrogens with zero attached hydrogens (tertiary/aromatic N) is 3.